The minimum atomic E-state index is 0.376. The number of hydrogen-bond donors (Lipinski definition) is 0. The summed E-state index contributed by atoms with van der Waals surface area (Å²) in [6, 6.07) is 7.74. The molecule has 0 saturated heterocycles. The Morgan fingerprint density at radius 2 is 2.18 bits per heavy atom. The van der Waals surface area contributed by atoms with Gasteiger partial charge in [-0.3, -0.25) is 0 Å². The van der Waals surface area contributed by atoms with E-state index in [1.165, 1.54) is 11.3 Å². The molecular weight excluding hydrogens is 260 g/mol. The Bertz CT molecular complexity index is 490. The van der Waals surface area contributed by atoms with E-state index in [-0.39, 0.29) is 0 Å². The first-order valence-corrected chi connectivity index (χ1v) is 6.16. The average Bonchev–Trinajstić information content (AvgIpc) is 2.74. The lowest BCUT2D eigenvalue weighted by atomic mass is 10.2. The second-order valence-corrected chi connectivity index (χ2v) is 4.96. The van der Waals surface area contributed by atoms with Crippen molar-refractivity contribution in [3.63, 3.8) is 0 Å². The quantitative estimate of drug-likeness (QED) is 0.838. The molecular formula is C11H11ClN2O2S. The standard InChI is InChI=1S/C11H11ClN2O2S/c1-15-6-8-3-2-4-9(5-8)16-7-10-13-14-11(12)17-10/h2-5H,6-7H2,1H3. The summed E-state index contributed by atoms with van der Waals surface area (Å²) < 4.78 is 11.1. The molecule has 0 unspecified atom stereocenters. The molecule has 17 heavy (non-hydrogen) atoms. The molecule has 0 aliphatic carbocycles. The Kier molecular flexibility index (Phi) is 4.30. The van der Waals surface area contributed by atoms with Crippen molar-refractivity contribution in [2.75, 3.05) is 7.11 Å². The maximum absolute atomic E-state index is 5.68. The molecule has 4 nitrogen and oxygen atoms in total. The van der Waals surface area contributed by atoms with Crippen LogP contribution in [-0.4, -0.2) is 17.3 Å². The lowest BCUT2D eigenvalue weighted by molar-refractivity contribution is 0.184. The van der Waals surface area contributed by atoms with Gasteiger partial charge in [0.1, 0.15) is 12.4 Å². The Morgan fingerprint density at radius 3 is 2.88 bits per heavy atom. The summed E-state index contributed by atoms with van der Waals surface area (Å²) in [5.41, 5.74) is 1.07. The van der Waals surface area contributed by atoms with E-state index in [9.17, 15) is 0 Å². The van der Waals surface area contributed by atoms with Gasteiger partial charge in [0.05, 0.1) is 6.61 Å². The number of nitrogens with zero attached hydrogens (tertiary/aromatic N) is 2. The zero-order valence-corrected chi connectivity index (χ0v) is 10.8. The Morgan fingerprint density at radius 1 is 1.29 bits per heavy atom. The van der Waals surface area contributed by atoms with E-state index in [0.29, 0.717) is 17.7 Å². The zero-order valence-electron chi connectivity index (χ0n) is 9.22. The van der Waals surface area contributed by atoms with Crippen LogP contribution in [0.5, 0.6) is 5.75 Å². The summed E-state index contributed by atoms with van der Waals surface area (Å²) >= 11 is 7.00. The van der Waals surface area contributed by atoms with Crippen LogP contribution >= 0.6 is 22.9 Å². The molecule has 0 saturated carbocycles. The topological polar surface area (TPSA) is 44.2 Å². The van der Waals surface area contributed by atoms with Crippen LogP contribution in [0.2, 0.25) is 4.47 Å². The molecule has 0 N–H and O–H groups in total. The van der Waals surface area contributed by atoms with Gasteiger partial charge in [-0.15, -0.1) is 10.2 Å². The summed E-state index contributed by atoms with van der Waals surface area (Å²) in [5, 5.41) is 8.34. The van der Waals surface area contributed by atoms with Crippen molar-refractivity contribution in [3.05, 3.63) is 39.3 Å². The van der Waals surface area contributed by atoms with E-state index in [1.54, 1.807) is 7.11 Å². The van der Waals surface area contributed by atoms with Gasteiger partial charge in [0.2, 0.25) is 4.47 Å². The average molecular weight is 271 g/mol. The SMILES string of the molecule is COCc1cccc(OCc2nnc(Cl)s2)c1. The summed E-state index contributed by atoms with van der Waals surface area (Å²) in [5.74, 6) is 0.783. The van der Waals surface area contributed by atoms with Crippen molar-refractivity contribution in [1.82, 2.24) is 10.2 Å². The fraction of sp³-hybridized carbons (Fsp3) is 0.273. The molecule has 2 rings (SSSR count). The number of rotatable bonds is 5. The van der Waals surface area contributed by atoms with Crippen molar-refractivity contribution in [3.8, 4) is 5.75 Å². The Hall–Kier alpha value is -1.17. The fourth-order valence-corrected chi connectivity index (χ4v) is 2.11. The van der Waals surface area contributed by atoms with Gasteiger partial charge in [0.15, 0.2) is 5.01 Å². The second kappa shape index (κ2) is 5.95. The summed E-state index contributed by atoms with van der Waals surface area (Å²) in [6.07, 6.45) is 0. The predicted octanol–water partition coefficient (Wildman–Crippen LogP) is 2.92. The molecule has 0 atom stereocenters. The highest BCUT2D eigenvalue weighted by Crippen LogP contribution is 2.19. The van der Waals surface area contributed by atoms with E-state index in [0.717, 1.165) is 16.3 Å². The molecule has 6 heteroatoms. The third-order valence-corrected chi connectivity index (χ3v) is 3.01. The van der Waals surface area contributed by atoms with Crippen LogP contribution in [0.1, 0.15) is 10.6 Å². The van der Waals surface area contributed by atoms with Crippen LogP contribution in [0.25, 0.3) is 0 Å². The van der Waals surface area contributed by atoms with E-state index < -0.39 is 0 Å². The first-order valence-electron chi connectivity index (χ1n) is 4.96. The minimum Gasteiger partial charge on any atom is -0.486 e. The number of aromatic nitrogens is 2. The largest absolute Gasteiger partial charge is 0.486 e. The zero-order chi connectivity index (χ0) is 12.1. The summed E-state index contributed by atoms with van der Waals surface area (Å²) in [4.78, 5) is 0. The molecule has 0 amide bonds. The normalized spacial score (nSPS) is 10.5. The molecule has 0 aliphatic rings. The van der Waals surface area contributed by atoms with Crippen LogP contribution in [0.3, 0.4) is 0 Å². The van der Waals surface area contributed by atoms with E-state index in [1.807, 2.05) is 24.3 Å². The van der Waals surface area contributed by atoms with Crippen LogP contribution < -0.4 is 4.74 Å². The van der Waals surface area contributed by atoms with Crippen molar-refractivity contribution >= 4 is 22.9 Å². The lowest BCUT2D eigenvalue weighted by Gasteiger charge is -2.05. The molecule has 1 aromatic carbocycles. The van der Waals surface area contributed by atoms with E-state index in [4.69, 9.17) is 21.1 Å². The van der Waals surface area contributed by atoms with Gasteiger partial charge in [-0.2, -0.15) is 0 Å². The molecule has 1 heterocycles. The van der Waals surface area contributed by atoms with Crippen molar-refractivity contribution < 1.29 is 9.47 Å². The van der Waals surface area contributed by atoms with Crippen LogP contribution in [0.4, 0.5) is 0 Å². The second-order valence-electron chi connectivity index (χ2n) is 3.32. The summed E-state index contributed by atoms with van der Waals surface area (Å²) in [6.45, 7) is 0.947. The van der Waals surface area contributed by atoms with Gasteiger partial charge in [-0.25, -0.2) is 0 Å². The molecule has 0 spiro atoms. The van der Waals surface area contributed by atoms with Gasteiger partial charge < -0.3 is 9.47 Å². The third kappa shape index (κ3) is 3.66. The molecule has 90 valence electrons. The maximum Gasteiger partial charge on any atom is 0.207 e. The number of hydrogen-bond acceptors (Lipinski definition) is 5. The van der Waals surface area contributed by atoms with Gasteiger partial charge in [0, 0.05) is 7.11 Å². The Labute approximate surface area is 108 Å². The third-order valence-electron chi connectivity index (χ3n) is 2.01. The van der Waals surface area contributed by atoms with E-state index in [2.05, 4.69) is 10.2 Å². The lowest BCUT2D eigenvalue weighted by Crippen LogP contribution is -1.96. The van der Waals surface area contributed by atoms with Gasteiger partial charge in [0.25, 0.3) is 0 Å². The van der Waals surface area contributed by atoms with Gasteiger partial charge >= 0.3 is 0 Å². The highest BCUT2D eigenvalue weighted by molar-refractivity contribution is 7.15. The maximum atomic E-state index is 5.68. The van der Waals surface area contributed by atoms with Gasteiger partial charge in [-0.05, 0) is 29.3 Å². The molecule has 0 radical (unpaired) electrons. The summed E-state index contributed by atoms with van der Waals surface area (Å²) in [7, 11) is 1.66. The van der Waals surface area contributed by atoms with Crippen LogP contribution in [-0.2, 0) is 18.0 Å². The number of benzene rings is 1. The number of methoxy groups -OCH3 is 1. The number of halogens is 1. The van der Waals surface area contributed by atoms with Gasteiger partial charge in [-0.1, -0.05) is 23.5 Å². The Balaban J connectivity index is 1.96. The van der Waals surface area contributed by atoms with Crippen LogP contribution in [0.15, 0.2) is 24.3 Å². The molecule has 1 aromatic heterocycles. The first-order chi connectivity index (χ1) is 8.28. The number of ether oxygens (including phenoxy) is 2. The highest BCUT2D eigenvalue weighted by Gasteiger charge is 2.03. The molecule has 2 aromatic rings. The minimum absolute atomic E-state index is 0.376. The molecule has 0 bridgehead atoms. The van der Waals surface area contributed by atoms with Crippen molar-refractivity contribution in [2.45, 2.75) is 13.2 Å². The monoisotopic (exact) mass is 270 g/mol. The fourth-order valence-electron chi connectivity index (χ4n) is 1.33. The highest BCUT2D eigenvalue weighted by atomic mass is 35.5. The van der Waals surface area contributed by atoms with E-state index >= 15 is 0 Å². The molecule has 0 fully saturated rings. The van der Waals surface area contributed by atoms with Crippen LogP contribution in [0, 0.1) is 0 Å². The predicted molar refractivity (Wildman–Crippen MR) is 66.4 cm³/mol. The first kappa shape index (κ1) is 12.3. The smallest absolute Gasteiger partial charge is 0.207 e. The van der Waals surface area contributed by atoms with Crippen molar-refractivity contribution in [1.29, 1.82) is 0 Å². The van der Waals surface area contributed by atoms with Crippen molar-refractivity contribution in [2.24, 2.45) is 0 Å². The molecule has 0 aliphatic heterocycles.